The first-order chi connectivity index (χ1) is 16.1. The molecule has 0 spiro atoms. The number of nitrogens with one attached hydrogen (secondary N) is 1. The second-order valence-corrected chi connectivity index (χ2v) is 9.73. The maximum atomic E-state index is 13.5. The van der Waals surface area contributed by atoms with E-state index in [1.807, 2.05) is 31.2 Å². The van der Waals surface area contributed by atoms with Crippen molar-refractivity contribution in [1.82, 2.24) is 10.2 Å². The summed E-state index contributed by atoms with van der Waals surface area (Å²) in [5.41, 5.74) is 3.50. The van der Waals surface area contributed by atoms with E-state index in [1.54, 1.807) is 0 Å². The second-order valence-electron chi connectivity index (χ2n) is 9.73. The highest BCUT2D eigenvalue weighted by Crippen LogP contribution is 2.39. The highest BCUT2D eigenvalue weighted by atomic mass is 16.5. The molecule has 5 heteroatoms. The number of nitrogens with zero attached hydrogens (tertiary/aromatic N) is 1. The summed E-state index contributed by atoms with van der Waals surface area (Å²) in [6.07, 6.45) is 7.38. The number of carbonyl (C=O) groups is 2. The summed E-state index contributed by atoms with van der Waals surface area (Å²) in [5.74, 6) is 1.10. The number of fused-ring (bicyclic) bond motifs is 1. The zero-order valence-electron chi connectivity index (χ0n) is 19.5. The van der Waals surface area contributed by atoms with Gasteiger partial charge in [-0.15, -0.1) is 0 Å². The number of ether oxygens (including phenoxy) is 1. The van der Waals surface area contributed by atoms with Crippen LogP contribution in [0.3, 0.4) is 0 Å². The van der Waals surface area contributed by atoms with Crippen LogP contribution in [-0.4, -0.2) is 35.4 Å². The van der Waals surface area contributed by atoms with Gasteiger partial charge in [-0.3, -0.25) is 9.59 Å². The van der Waals surface area contributed by atoms with Gasteiger partial charge in [0.15, 0.2) is 6.10 Å². The maximum absolute atomic E-state index is 13.5. The predicted octanol–water partition coefficient (Wildman–Crippen LogP) is 4.79. The summed E-state index contributed by atoms with van der Waals surface area (Å²) in [5, 5.41) is 3.06. The van der Waals surface area contributed by atoms with E-state index in [1.165, 1.54) is 5.56 Å². The van der Waals surface area contributed by atoms with E-state index in [4.69, 9.17) is 4.74 Å². The molecule has 1 N–H and O–H groups in total. The predicted molar refractivity (Wildman–Crippen MR) is 128 cm³/mol. The molecule has 2 saturated carbocycles. The number of rotatable bonds is 7. The Morgan fingerprint density at radius 2 is 1.82 bits per heavy atom. The van der Waals surface area contributed by atoms with Crippen LogP contribution in [-0.2, 0) is 16.0 Å². The molecule has 2 fully saturated rings. The van der Waals surface area contributed by atoms with Gasteiger partial charge >= 0.3 is 0 Å². The first-order valence-electron chi connectivity index (χ1n) is 12.6. The minimum absolute atomic E-state index is 0.0321. The zero-order chi connectivity index (χ0) is 22.8. The summed E-state index contributed by atoms with van der Waals surface area (Å²) in [6.45, 7) is 2.72. The van der Waals surface area contributed by atoms with Crippen LogP contribution in [0, 0.1) is 5.92 Å². The highest BCUT2D eigenvalue weighted by molar-refractivity contribution is 5.82. The van der Waals surface area contributed by atoms with Crippen molar-refractivity contribution < 1.29 is 14.3 Å². The number of hydrogen-bond acceptors (Lipinski definition) is 3. The van der Waals surface area contributed by atoms with Crippen LogP contribution >= 0.6 is 0 Å². The number of hydrogen-bond donors (Lipinski definition) is 1. The van der Waals surface area contributed by atoms with Crippen LogP contribution in [0.25, 0.3) is 0 Å². The Balaban J connectivity index is 1.45. The van der Waals surface area contributed by atoms with Crippen molar-refractivity contribution in [3.8, 4) is 5.75 Å². The smallest absolute Gasteiger partial charge is 0.261 e. The lowest BCUT2D eigenvalue weighted by Gasteiger charge is -2.39. The number of carbonyl (C=O) groups excluding carboxylic acids is 2. The molecule has 33 heavy (non-hydrogen) atoms. The molecule has 0 unspecified atom stereocenters. The summed E-state index contributed by atoms with van der Waals surface area (Å²) in [4.78, 5) is 28.2. The SMILES string of the molecule is CC[C@H](Oc1ccc2c(c1)[C@H](c1ccccc1)N(C(=O)C1CCCC1)CC2)C(=O)NC1CC1. The van der Waals surface area contributed by atoms with E-state index in [0.29, 0.717) is 18.2 Å². The van der Waals surface area contributed by atoms with Crippen molar-refractivity contribution in [1.29, 1.82) is 0 Å². The minimum atomic E-state index is -0.501. The van der Waals surface area contributed by atoms with Gasteiger partial charge in [-0.2, -0.15) is 0 Å². The van der Waals surface area contributed by atoms with Crippen molar-refractivity contribution >= 4 is 11.8 Å². The first-order valence-corrected chi connectivity index (χ1v) is 12.6. The Hall–Kier alpha value is -2.82. The lowest BCUT2D eigenvalue weighted by Crippen LogP contribution is -2.43. The van der Waals surface area contributed by atoms with E-state index >= 15 is 0 Å². The molecule has 1 aliphatic heterocycles. The van der Waals surface area contributed by atoms with Crippen LogP contribution < -0.4 is 10.1 Å². The molecular formula is C28H34N2O3. The van der Waals surface area contributed by atoms with Gasteiger partial charge in [-0.25, -0.2) is 0 Å². The monoisotopic (exact) mass is 446 g/mol. The van der Waals surface area contributed by atoms with Gasteiger partial charge in [0.1, 0.15) is 5.75 Å². The van der Waals surface area contributed by atoms with Gasteiger partial charge in [-0.05, 0) is 67.3 Å². The van der Waals surface area contributed by atoms with Crippen molar-refractivity contribution in [3.05, 3.63) is 65.2 Å². The van der Waals surface area contributed by atoms with Gasteiger partial charge in [0.2, 0.25) is 5.91 Å². The summed E-state index contributed by atoms with van der Waals surface area (Å²) >= 11 is 0. The lowest BCUT2D eigenvalue weighted by molar-refractivity contribution is -0.137. The molecule has 2 amide bonds. The lowest BCUT2D eigenvalue weighted by atomic mass is 9.87. The minimum Gasteiger partial charge on any atom is -0.481 e. The zero-order valence-corrected chi connectivity index (χ0v) is 19.5. The van der Waals surface area contributed by atoms with Crippen LogP contribution in [0.4, 0.5) is 0 Å². The van der Waals surface area contributed by atoms with Gasteiger partial charge in [0, 0.05) is 18.5 Å². The third kappa shape index (κ3) is 4.78. The molecule has 2 aromatic rings. The molecule has 2 aliphatic carbocycles. The van der Waals surface area contributed by atoms with Gasteiger partial charge < -0.3 is 15.0 Å². The van der Waals surface area contributed by atoms with E-state index in [2.05, 4.69) is 34.5 Å². The van der Waals surface area contributed by atoms with Gasteiger partial charge in [0.05, 0.1) is 6.04 Å². The van der Waals surface area contributed by atoms with Crippen molar-refractivity contribution in [2.45, 2.75) is 76.5 Å². The normalized spacial score (nSPS) is 21.4. The van der Waals surface area contributed by atoms with E-state index in [-0.39, 0.29) is 23.8 Å². The summed E-state index contributed by atoms with van der Waals surface area (Å²) in [7, 11) is 0. The highest BCUT2D eigenvalue weighted by Gasteiger charge is 2.36. The Morgan fingerprint density at radius 3 is 2.52 bits per heavy atom. The van der Waals surface area contributed by atoms with E-state index in [9.17, 15) is 9.59 Å². The van der Waals surface area contributed by atoms with Crippen LogP contribution in [0.1, 0.15) is 74.6 Å². The molecule has 1 heterocycles. The largest absolute Gasteiger partial charge is 0.481 e. The topological polar surface area (TPSA) is 58.6 Å². The van der Waals surface area contributed by atoms with Gasteiger partial charge in [0.25, 0.3) is 5.91 Å². The quantitative estimate of drug-likeness (QED) is 0.665. The molecule has 2 atom stereocenters. The molecule has 3 aliphatic rings. The van der Waals surface area contributed by atoms with Gasteiger partial charge in [-0.1, -0.05) is 56.2 Å². The third-order valence-electron chi connectivity index (χ3n) is 7.31. The Morgan fingerprint density at radius 1 is 1.06 bits per heavy atom. The summed E-state index contributed by atoms with van der Waals surface area (Å²) < 4.78 is 6.18. The summed E-state index contributed by atoms with van der Waals surface area (Å²) in [6, 6.07) is 16.7. The molecule has 5 rings (SSSR count). The molecule has 0 bridgehead atoms. The van der Waals surface area contributed by atoms with Crippen LogP contribution in [0.2, 0.25) is 0 Å². The fourth-order valence-corrected chi connectivity index (χ4v) is 5.31. The molecule has 5 nitrogen and oxygen atoms in total. The van der Waals surface area contributed by atoms with E-state index in [0.717, 1.165) is 62.6 Å². The maximum Gasteiger partial charge on any atom is 0.261 e. The van der Waals surface area contributed by atoms with Crippen molar-refractivity contribution in [2.24, 2.45) is 5.92 Å². The van der Waals surface area contributed by atoms with Crippen molar-refractivity contribution in [2.75, 3.05) is 6.54 Å². The number of benzene rings is 2. The fourth-order valence-electron chi connectivity index (χ4n) is 5.31. The standard InChI is InChI=1S/C28H34N2O3/c1-2-25(27(31)29-22-13-14-22)33-23-15-12-19-16-17-30(28(32)21-10-6-7-11-21)26(24(19)18-23)20-8-4-3-5-9-20/h3-5,8-9,12,15,18,21-22,25-26H,2,6-7,10-11,13-14,16-17H2,1H3,(H,29,31)/t25-,26-/m0/s1. The Labute approximate surface area is 196 Å². The molecular weight excluding hydrogens is 412 g/mol. The Bertz CT molecular complexity index is 995. The van der Waals surface area contributed by atoms with Crippen LogP contribution in [0.15, 0.2) is 48.5 Å². The van der Waals surface area contributed by atoms with E-state index < -0.39 is 6.10 Å². The number of amides is 2. The van der Waals surface area contributed by atoms with Crippen molar-refractivity contribution in [3.63, 3.8) is 0 Å². The Kier molecular flexibility index (Phi) is 6.39. The van der Waals surface area contributed by atoms with Crippen LogP contribution in [0.5, 0.6) is 5.75 Å². The molecule has 0 saturated heterocycles. The molecule has 0 aromatic heterocycles. The molecule has 0 radical (unpaired) electrons. The fraction of sp³-hybridized carbons (Fsp3) is 0.500. The third-order valence-corrected chi connectivity index (χ3v) is 7.31. The molecule has 174 valence electrons. The molecule has 2 aromatic carbocycles. The average Bonchev–Trinajstić information content (AvgIpc) is 3.49. The average molecular weight is 447 g/mol. The second kappa shape index (κ2) is 9.58. The first kappa shape index (κ1) is 22.0.